The fourth-order valence-corrected chi connectivity index (χ4v) is 1.84. The molecule has 1 unspecified atom stereocenters. The van der Waals surface area contributed by atoms with E-state index >= 15 is 0 Å². The van der Waals surface area contributed by atoms with E-state index in [-0.39, 0.29) is 6.04 Å². The molecule has 0 saturated carbocycles. The summed E-state index contributed by atoms with van der Waals surface area (Å²) in [5.74, 6) is -0.485. The van der Waals surface area contributed by atoms with Crippen molar-refractivity contribution in [2.24, 2.45) is 5.73 Å². The molecular formula is C14H16N4O. The summed E-state index contributed by atoms with van der Waals surface area (Å²) in [4.78, 5) is 15.4. The number of nitrogen functional groups attached to an aromatic ring is 1. The Balaban J connectivity index is 2.28. The largest absolute Gasteiger partial charge is 0.399 e. The van der Waals surface area contributed by atoms with Crippen LogP contribution in [0.25, 0.3) is 0 Å². The van der Waals surface area contributed by atoms with Gasteiger partial charge in [-0.2, -0.15) is 0 Å². The summed E-state index contributed by atoms with van der Waals surface area (Å²) >= 11 is 0. The predicted octanol–water partition coefficient (Wildman–Crippen LogP) is 1.94. The number of aromatic nitrogens is 1. The third-order valence-corrected chi connectivity index (χ3v) is 2.87. The van der Waals surface area contributed by atoms with Gasteiger partial charge in [-0.15, -0.1) is 0 Å². The number of nitrogens with one attached hydrogen (secondary N) is 1. The van der Waals surface area contributed by atoms with Crippen LogP contribution in [-0.2, 0) is 0 Å². The molecule has 0 aliphatic rings. The first kappa shape index (κ1) is 12.9. The van der Waals surface area contributed by atoms with Crippen LogP contribution in [-0.4, -0.2) is 10.9 Å². The second-order valence-corrected chi connectivity index (χ2v) is 4.32. The minimum atomic E-state index is -0.485. The van der Waals surface area contributed by atoms with Gasteiger partial charge < -0.3 is 16.8 Å². The van der Waals surface area contributed by atoms with Crippen LogP contribution >= 0.6 is 0 Å². The van der Waals surface area contributed by atoms with Crippen molar-refractivity contribution in [3.63, 3.8) is 0 Å². The van der Waals surface area contributed by atoms with Gasteiger partial charge in [0.15, 0.2) is 0 Å². The molecule has 1 amide bonds. The molecular weight excluding hydrogens is 240 g/mol. The van der Waals surface area contributed by atoms with E-state index in [1.54, 1.807) is 30.6 Å². The number of anilines is 2. The van der Waals surface area contributed by atoms with Crippen LogP contribution in [0.5, 0.6) is 0 Å². The fraction of sp³-hybridized carbons (Fsp3) is 0.143. The number of rotatable bonds is 4. The van der Waals surface area contributed by atoms with Crippen LogP contribution in [0.2, 0.25) is 0 Å². The van der Waals surface area contributed by atoms with Gasteiger partial charge in [-0.05, 0) is 36.8 Å². The van der Waals surface area contributed by atoms with Crippen molar-refractivity contribution >= 4 is 17.3 Å². The number of carbonyl (C=O) groups excluding carboxylic acids is 1. The molecule has 1 heterocycles. The van der Waals surface area contributed by atoms with Gasteiger partial charge in [0.25, 0.3) is 5.91 Å². The molecule has 1 aromatic carbocycles. The molecule has 98 valence electrons. The van der Waals surface area contributed by atoms with Crippen LogP contribution in [0, 0.1) is 0 Å². The van der Waals surface area contributed by atoms with Gasteiger partial charge in [-0.3, -0.25) is 9.78 Å². The number of amides is 1. The molecule has 19 heavy (non-hydrogen) atoms. The molecule has 5 N–H and O–H groups in total. The Morgan fingerprint density at radius 2 is 2.16 bits per heavy atom. The molecule has 2 aromatic rings. The summed E-state index contributed by atoms with van der Waals surface area (Å²) in [6, 6.07) is 8.79. The van der Waals surface area contributed by atoms with E-state index in [4.69, 9.17) is 11.5 Å². The highest BCUT2D eigenvalue weighted by Gasteiger charge is 2.12. The molecule has 5 heteroatoms. The van der Waals surface area contributed by atoms with Crippen LogP contribution in [0.15, 0.2) is 42.7 Å². The minimum Gasteiger partial charge on any atom is -0.399 e. The van der Waals surface area contributed by atoms with E-state index in [0.717, 1.165) is 5.56 Å². The summed E-state index contributed by atoms with van der Waals surface area (Å²) in [6.45, 7) is 1.98. The lowest BCUT2D eigenvalue weighted by Gasteiger charge is -2.17. The van der Waals surface area contributed by atoms with Gasteiger partial charge in [0.2, 0.25) is 0 Å². The Hall–Kier alpha value is -2.56. The molecule has 0 bridgehead atoms. The number of nitrogens with zero attached hydrogens (tertiary/aromatic N) is 1. The average molecular weight is 256 g/mol. The quantitative estimate of drug-likeness (QED) is 0.728. The SMILES string of the molecule is CC(Nc1cc(N)ccc1C(N)=O)c1cccnc1. The zero-order valence-corrected chi connectivity index (χ0v) is 10.6. The van der Waals surface area contributed by atoms with Gasteiger partial charge >= 0.3 is 0 Å². The number of hydrogen-bond donors (Lipinski definition) is 3. The minimum absolute atomic E-state index is 0.00593. The Labute approximate surface area is 111 Å². The number of primary amides is 1. The molecule has 1 aromatic heterocycles. The molecule has 0 saturated heterocycles. The van der Waals surface area contributed by atoms with Crippen molar-refractivity contribution in [3.8, 4) is 0 Å². The highest BCUT2D eigenvalue weighted by molar-refractivity contribution is 5.99. The lowest BCUT2D eigenvalue weighted by Crippen LogP contribution is -2.16. The molecule has 0 radical (unpaired) electrons. The zero-order chi connectivity index (χ0) is 13.8. The molecule has 1 atom stereocenters. The van der Waals surface area contributed by atoms with Crippen molar-refractivity contribution in [3.05, 3.63) is 53.9 Å². The number of hydrogen-bond acceptors (Lipinski definition) is 4. The van der Waals surface area contributed by atoms with E-state index in [1.807, 2.05) is 19.1 Å². The standard InChI is InChI=1S/C14H16N4O/c1-9(10-3-2-6-17-8-10)18-13-7-11(15)4-5-12(13)14(16)19/h2-9,18H,15H2,1H3,(H2,16,19). The van der Waals surface area contributed by atoms with E-state index in [9.17, 15) is 4.79 Å². The molecule has 2 rings (SSSR count). The summed E-state index contributed by atoms with van der Waals surface area (Å²) in [7, 11) is 0. The lowest BCUT2D eigenvalue weighted by atomic mass is 10.1. The van der Waals surface area contributed by atoms with Crippen LogP contribution in [0.3, 0.4) is 0 Å². The van der Waals surface area contributed by atoms with E-state index in [0.29, 0.717) is 16.9 Å². The normalized spacial score (nSPS) is 11.8. The maximum Gasteiger partial charge on any atom is 0.250 e. The highest BCUT2D eigenvalue weighted by Crippen LogP contribution is 2.24. The predicted molar refractivity (Wildman–Crippen MR) is 75.6 cm³/mol. The van der Waals surface area contributed by atoms with E-state index in [2.05, 4.69) is 10.3 Å². The maximum atomic E-state index is 11.4. The van der Waals surface area contributed by atoms with Crippen molar-refractivity contribution < 1.29 is 4.79 Å². The molecule has 0 aliphatic heterocycles. The average Bonchev–Trinajstić information content (AvgIpc) is 2.39. The molecule has 0 fully saturated rings. The summed E-state index contributed by atoms with van der Waals surface area (Å²) in [5, 5.41) is 3.23. The Morgan fingerprint density at radius 1 is 1.37 bits per heavy atom. The van der Waals surface area contributed by atoms with Crippen molar-refractivity contribution in [1.29, 1.82) is 0 Å². The monoisotopic (exact) mass is 256 g/mol. The van der Waals surface area contributed by atoms with Crippen LogP contribution in [0.1, 0.15) is 28.9 Å². The zero-order valence-electron chi connectivity index (χ0n) is 10.6. The number of pyridine rings is 1. The first-order valence-electron chi connectivity index (χ1n) is 5.93. The summed E-state index contributed by atoms with van der Waals surface area (Å²) in [6.07, 6.45) is 3.49. The summed E-state index contributed by atoms with van der Waals surface area (Å²) in [5.41, 5.74) is 13.7. The third-order valence-electron chi connectivity index (χ3n) is 2.87. The number of benzene rings is 1. The highest BCUT2D eigenvalue weighted by atomic mass is 16.1. The van der Waals surface area contributed by atoms with Crippen molar-refractivity contribution in [1.82, 2.24) is 4.98 Å². The first-order valence-corrected chi connectivity index (χ1v) is 5.93. The van der Waals surface area contributed by atoms with Gasteiger partial charge in [-0.25, -0.2) is 0 Å². The third kappa shape index (κ3) is 3.01. The second kappa shape index (κ2) is 5.39. The summed E-state index contributed by atoms with van der Waals surface area (Å²) < 4.78 is 0. The van der Waals surface area contributed by atoms with Gasteiger partial charge in [0.05, 0.1) is 11.6 Å². The van der Waals surface area contributed by atoms with Gasteiger partial charge in [-0.1, -0.05) is 6.07 Å². The Morgan fingerprint density at radius 3 is 2.79 bits per heavy atom. The topological polar surface area (TPSA) is 94.0 Å². The second-order valence-electron chi connectivity index (χ2n) is 4.32. The molecule has 0 spiro atoms. The van der Waals surface area contributed by atoms with Crippen LogP contribution in [0.4, 0.5) is 11.4 Å². The smallest absolute Gasteiger partial charge is 0.250 e. The molecule has 0 aliphatic carbocycles. The van der Waals surface area contributed by atoms with Crippen molar-refractivity contribution in [2.45, 2.75) is 13.0 Å². The van der Waals surface area contributed by atoms with Crippen molar-refractivity contribution in [2.75, 3.05) is 11.1 Å². The van der Waals surface area contributed by atoms with Gasteiger partial charge in [0.1, 0.15) is 0 Å². The maximum absolute atomic E-state index is 11.4. The Bertz CT molecular complexity index is 583. The Kier molecular flexibility index (Phi) is 3.66. The molecule has 5 nitrogen and oxygen atoms in total. The van der Waals surface area contributed by atoms with E-state index < -0.39 is 5.91 Å². The number of carbonyl (C=O) groups is 1. The van der Waals surface area contributed by atoms with Crippen LogP contribution < -0.4 is 16.8 Å². The lowest BCUT2D eigenvalue weighted by molar-refractivity contribution is 0.100. The fourth-order valence-electron chi connectivity index (χ4n) is 1.84. The number of nitrogens with two attached hydrogens (primary N) is 2. The first-order chi connectivity index (χ1) is 9.08. The van der Waals surface area contributed by atoms with E-state index in [1.165, 1.54) is 0 Å². The van der Waals surface area contributed by atoms with Gasteiger partial charge in [0, 0.05) is 23.8 Å².